The molecular formula is C13H10FN5O. The molecule has 2 N–H and O–H groups in total. The van der Waals surface area contributed by atoms with Crippen LogP contribution >= 0.6 is 0 Å². The Morgan fingerprint density at radius 1 is 1.30 bits per heavy atom. The van der Waals surface area contributed by atoms with Crippen molar-refractivity contribution in [1.29, 1.82) is 5.26 Å². The van der Waals surface area contributed by atoms with Gasteiger partial charge in [0.2, 0.25) is 0 Å². The third-order valence-corrected chi connectivity index (χ3v) is 2.50. The first-order valence-corrected chi connectivity index (χ1v) is 5.66. The number of aromatic nitrogens is 2. The van der Waals surface area contributed by atoms with Gasteiger partial charge in [-0.15, -0.1) is 10.2 Å². The zero-order valence-electron chi connectivity index (χ0n) is 10.5. The number of anilines is 2. The maximum atomic E-state index is 13.0. The van der Waals surface area contributed by atoms with Gasteiger partial charge in [-0.25, -0.2) is 4.39 Å². The average molecular weight is 271 g/mol. The minimum Gasteiger partial charge on any atom is -0.372 e. The maximum absolute atomic E-state index is 13.0. The van der Waals surface area contributed by atoms with Crippen LogP contribution in [-0.4, -0.2) is 23.2 Å². The van der Waals surface area contributed by atoms with Crippen molar-refractivity contribution in [1.82, 2.24) is 10.2 Å². The molecule has 0 fully saturated rings. The molecule has 1 aromatic heterocycles. The lowest BCUT2D eigenvalue weighted by atomic mass is 10.2. The molecule has 6 nitrogen and oxygen atoms in total. The standard InChI is InChI=1S/C13H10FN5O/c1-16-12-5-4-11(18-19-12)13(20)17-10-3-2-9(14)6-8(10)7-15/h2-6H,1H3,(H,16,19)(H,17,20). The van der Waals surface area contributed by atoms with Gasteiger partial charge in [-0.3, -0.25) is 4.79 Å². The van der Waals surface area contributed by atoms with Crippen LogP contribution in [0.25, 0.3) is 0 Å². The minimum absolute atomic E-state index is 0.0400. The van der Waals surface area contributed by atoms with Crippen LogP contribution in [0.15, 0.2) is 30.3 Å². The number of nitrogens with zero attached hydrogens (tertiary/aromatic N) is 3. The summed E-state index contributed by atoms with van der Waals surface area (Å²) in [6.45, 7) is 0. The fourth-order valence-corrected chi connectivity index (χ4v) is 1.49. The van der Waals surface area contributed by atoms with Gasteiger partial charge < -0.3 is 10.6 Å². The summed E-state index contributed by atoms with van der Waals surface area (Å²) in [6, 6.07) is 8.42. The number of halogens is 1. The Balaban J connectivity index is 2.21. The summed E-state index contributed by atoms with van der Waals surface area (Å²) in [5, 5.41) is 21.7. The van der Waals surface area contributed by atoms with E-state index in [4.69, 9.17) is 5.26 Å². The third kappa shape index (κ3) is 2.87. The van der Waals surface area contributed by atoms with E-state index >= 15 is 0 Å². The van der Waals surface area contributed by atoms with Crippen LogP contribution in [-0.2, 0) is 0 Å². The topological polar surface area (TPSA) is 90.7 Å². The highest BCUT2D eigenvalue weighted by Gasteiger charge is 2.11. The molecule has 2 aromatic rings. The molecule has 7 heteroatoms. The van der Waals surface area contributed by atoms with E-state index in [-0.39, 0.29) is 16.9 Å². The second-order valence-electron chi connectivity index (χ2n) is 3.81. The number of rotatable bonds is 3. The fourth-order valence-electron chi connectivity index (χ4n) is 1.49. The Morgan fingerprint density at radius 3 is 2.70 bits per heavy atom. The van der Waals surface area contributed by atoms with Crippen LogP contribution in [0.4, 0.5) is 15.9 Å². The predicted molar refractivity (Wildman–Crippen MR) is 70.6 cm³/mol. The highest BCUT2D eigenvalue weighted by molar-refractivity contribution is 6.03. The maximum Gasteiger partial charge on any atom is 0.276 e. The summed E-state index contributed by atoms with van der Waals surface area (Å²) in [4.78, 5) is 11.9. The molecule has 0 unspecified atom stereocenters. The summed E-state index contributed by atoms with van der Waals surface area (Å²) in [5.41, 5.74) is 0.355. The van der Waals surface area contributed by atoms with Gasteiger partial charge in [0, 0.05) is 7.05 Å². The van der Waals surface area contributed by atoms with E-state index in [9.17, 15) is 9.18 Å². The molecule has 1 aromatic carbocycles. The third-order valence-electron chi connectivity index (χ3n) is 2.50. The highest BCUT2D eigenvalue weighted by Crippen LogP contribution is 2.16. The molecule has 0 radical (unpaired) electrons. The smallest absolute Gasteiger partial charge is 0.276 e. The van der Waals surface area contributed by atoms with Gasteiger partial charge in [-0.1, -0.05) is 0 Å². The minimum atomic E-state index is -0.544. The van der Waals surface area contributed by atoms with E-state index in [1.807, 2.05) is 6.07 Å². The molecular weight excluding hydrogens is 261 g/mol. The van der Waals surface area contributed by atoms with Crippen molar-refractivity contribution in [3.05, 3.63) is 47.4 Å². The van der Waals surface area contributed by atoms with E-state index in [2.05, 4.69) is 20.8 Å². The van der Waals surface area contributed by atoms with Gasteiger partial charge in [0.25, 0.3) is 5.91 Å². The van der Waals surface area contributed by atoms with E-state index < -0.39 is 11.7 Å². The van der Waals surface area contributed by atoms with Crippen molar-refractivity contribution in [2.75, 3.05) is 17.7 Å². The fraction of sp³-hybridized carbons (Fsp3) is 0.0769. The molecule has 0 saturated heterocycles. The van der Waals surface area contributed by atoms with Crippen molar-refractivity contribution >= 4 is 17.4 Å². The molecule has 0 spiro atoms. The second-order valence-corrected chi connectivity index (χ2v) is 3.81. The van der Waals surface area contributed by atoms with Crippen molar-refractivity contribution in [3.8, 4) is 6.07 Å². The Morgan fingerprint density at radius 2 is 2.10 bits per heavy atom. The van der Waals surface area contributed by atoms with Crippen molar-refractivity contribution in [2.24, 2.45) is 0 Å². The van der Waals surface area contributed by atoms with E-state index in [1.54, 1.807) is 13.1 Å². The van der Waals surface area contributed by atoms with Crippen LogP contribution in [0.1, 0.15) is 16.1 Å². The average Bonchev–Trinajstić information content (AvgIpc) is 2.49. The Hall–Kier alpha value is -3.01. The molecule has 0 aliphatic heterocycles. The second kappa shape index (κ2) is 5.75. The summed E-state index contributed by atoms with van der Waals surface area (Å²) < 4.78 is 13.0. The Kier molecular flexibility index (Phi) is 3.86. The zero-order chi connectivity index (χ0) is 14.5. The number of nitrogens with one attached hydrogen (secondary N) is 2. The van der Waals surface area contributed by atoms with Gasteiger partial charge in [-0.05, 0) is 30.3 Å². The van der Waals surface area contributed by atoms with Crippen LogP contribution in [0.2, 0.25) is 0 Å². The number of nitriles is 1. The molecule has 2 rings (SSSR count). The molecule has 0 atom stereocenters. The molecule has 1 amide bonds. The molecule has 20 heavy (non-hydrogen) atoms. The lowest BCUT2D eigenvalue weighted by Gasteiger charge is -2.06. The zero-order valence-corrected chi connectivity index (χ0v) is 10.5. The van der Waals surface area contributed by atoms with Crippen molar-refractivity contribution in [2.45, 2.75) is 0 Å². The monoisotopic (exact) mass is 271 g/mol. The highest BCUT2D eigenvalue weighted by atomic mass is 19.1. The molecule has 0 saturated carbocycles. The van der Waals surface area contributed by atoms with Crippen LogP contribution in [0, 0.1) is 17.1 Å². The molecule has 0 aliphatic carbocycles. The van der Waals surface area contributed by atoms with Gasteiger partial charge >= 0.3 is 0 Å². The van der Waals surface area contributed by atoms with E-state index in [0.29, 0.717) is 5.82 Å². The molecule has 0 aliphatic rings. The van der Waals surface area contributed by atoms with Crippen molar-refractivity contribution in [3.63, 3.8) is 0 Å². The van der Waals surface area contributed by atoms with Crippen molar-refractivity contribution < 1.29 is 9.18 Å². The van der Waals surface area contributed by atoms with E-state index in [1.165, 1.54) is 12.1 Å². The summed E-state index contributed by atoms with van der Waals surface area (Å²) in [6.07, 6.45) is 0. The Labute approximate surface area is 114 Å². The lowest BCUT2D eigenvalue weighted by Crippen LogP contribution is -2.15. The van der Waals surface area contributed by atoms with Gasteiger partial charge in [0.1, 0.15) is 17.7 Å². The molecule has 0 bridgehead atoms. The predicted octanol–water partition coefficient (Wildman–Crippen LogP) is 1.78. The summed E-state index contributed by atoms with van der Waals surface area (Å²) in [5.74, 6) is -0.540. The van der Waals surface area contributed by atoms with Gasteiger partial charge in [0.15, 0.2) is 5.69 Å². The van der Waals surface area contributed by atoms with Crippen LogP contribution < -0.4 is 10.6 Å². The molecule has 100 valence electrons. The number of carbonyl (C=O) groups is 1. The number of hydrogen-bond acceptors (Lipinski definition) is 5. The lowest BCUT2D eigenvalue weighted by molar-refractivity contribution is 0.102. The van der Waals surface area contributed by atoms with E-state index in [0.717, 1.165) is 12.1 Å². The summed E-state index contributed by atoms with van der Waals surface area (Å²) in [7, 11) is 1.68. The number of hydrogen-bond donors (Lipinski definition) is 2. The number of amides is 1. The quantitative estimate of drug-likeness (QED) is 0.888. The first-order valence-electron chi connectivity index (χ1n) is 5.66. The van der Waals surface area contributed by atoms with Gasteiger partial charge in [-0.2, -0.15) is 5.26 Å². The van der Waals surface area contributed by atoms with Crippen LogP contribution in [0.5, 0.6) is 0 Å². The first kappa shape index (κ1) is 13.4. The first-order chi connectivity index (χ1) is 9.63. The summed E-state index contributed by atoms with van der Waals surface area (Å²) >= 11 is 0. The number of carbonyl (C=O) groups excluding carboxylic acids is 1. The number of benzene rings is 1. The SMILES string of the molecule is CNc1ccc(C(=O)Nc2ccc(F)cc2C#N)nn1. The molecule has 1 heterocycles. The van der Waals surface area contributed by atoms with Crippen LogP contribution in [0.3, 0.4) is 0 Å². The normalized spacial score (nSPS) is 9.65. The largest absolute Gasteiger partial charge is 0.372 e. The Bertz CT molecular complexity index is 678. The van der Waals surface area contributed by atoms with Gasteiger partial charge in [0.05, 0.1) is 11.3 Å².